The monoisotopic (exact) mass is 1110 g/mol. The van der Waals surface area contributed by atoms with Crippen LogP contribution in [0, 0.1) is 0 Å². The van der Waals surface area contributed by atoms with Gasteiger partial charge < -0.3 is 4.90 Å². The summed E-state index contributed by atoms with van der Waals surface area (Å²) in [5, 5.41) is 0. The van der Waals surface area contributed by atoms with Crippen LogP contribution in [0.25, 0.3) is 0 Å². The van der Waals surface area contributed by atoms with Gasteiger partial charge in [-0.25, -0.2) is 0 Å². The molecule has 0 saturated carbocycles. The minimum absolute atomic E-state index is 0. The molecule has 0 amide bonds. The number of hydrogen-bond donors (Lipinski definition) is 0. The molecule has 0 aliphatic heterocycles. The van der Waals surface area contributed by atoms with Crippen molar-refractivity contribution in [2.24, 2.45) is 0 Å². The number of rotatable bonds is 51. The van der Waals surface area contributed by atoms with Crippen LogP contribution in [0.15, 0.2) is 0 Å². The van der Waals surface area contributed by atoms with E-state index in [1.807, 2.05) is 0 Å². The van der Waals surface area contributed by atoms with Crippen molar-refractivity contribution in [2.75, 3.05) is 19.6 Å². The molecule has 57 heavy (non-hydrogen) atoms. The van der Waals surface area contributed by atoms with Gasteiger partial charge in [-0.2, -0.15) is 0 Å². The molecule has 2 radical (unpaired) electrons. The van der Waals surface area contributed by atoms with E-state index in [1.54, 1.807) is 0 Å². The molecular weight excluding hydrogens is 997 g/mol. The normalized spacial score (nSPS) is 11.4. The summed E-state index contributed by atoms with van der Waals surface area (Å²) < 4.78 is 0. The van der Waals surface area contributed by atoms with Crippen molar-refractivity contribution in [2.45, 2.75) is 329 Å². The Hall–Kier alpha value is 1.61. The van der Waals surface area contributed by atoms with E-state index in [0.29, 0.717) is 0 Å². The Morgan fingerprint density at radius 2 is 0.281 bits per heavy atom. The van der Waals surface area contributed by atoms with Gasteiger partial charge in [-0.05, 0) is 38.9 Å². The van der Waals surface area contributed by atoms with Gasteiger partial charge in [-0.15, -0.1) is 24.0 Å². The molecule has 0 aromatic carbocycles. The van der Waals surface area contributed by atoms with Gasteiger partial charge in [0.05, 0.1) is 0 Å². The van der Waals surface area contributed by atoms with Gasteiger partial charge >= 0.3 is 27.3 Å². The van der Waals surface area contributed by atoms with Crippen LogP contribution in [-0.4, -0.2) is 51.8 Å². The molecule has 3 heteroatoms. The molecule has 0 N–H and O–H groups in total. The second-order valence-electron chi connectivity index (χ2n) is 18.8. The number of nitrogens with zero attached hydrogens (tertiary/aromatic N) is 1. The molecule has 0 unspecified atom stereocenters. The van der Waals surface area contributed by atoms with Crippen LogP contribution in [0.2, 0.25) is 0 Å². The second-order valence-corrected chi connectivity index (χ2v) is 18.8. The molecule has 0 aliphatic carbocycles. The topological polar surface area (TPSA) is 3.24 Å². The van der Waals surface area contributed by atoms with Gasteiger partial charge in [0.1, 0.15) is 0 Å². The molecule has 0 rings (SSSR count). The average Bonchev–Trinajstić information content (AvgIpc) is 3.20. The van der Waals surface area contributed by atoms with Crippen molar-refractivity contribution < 1.29 is 0 Å². The van der Waals surface area contributed by atoms with Crippen molar-refractivity contribution >= 4 is 51.3 Å². The van der Waals surface area contributed by atoms with E-state index < -0.39 is 0 Å². The Labute approximate surface area is 401 Å². The predicted molar refractivity (Wildman–Crippen MR) is 279 cm³/mol. The van der Waals surface area contributed by atoms with E-state index in [4.69, 9.17) is 0 Å². The zero-order valence-electron chi connectivity index (χ0n) is 40.6. The standard InChI is InChI=1S/C54H111N.HI.Pb.2H/c1-4-7-10-13-16-19-22-25-28-31-34-37-40-43-46-49-52-55(53-50-47-44-41-38-35-32-29-26-23-20-17-14-11-8-5-2)54-51-48-45-42-39-36-33-30-27-24-21-18-15-12-9-6-3;;;;/h4-54H2,1-3H3;1H;;;. The van der Waals surface area contributed by atoms with E-state index in [2.05, 4.69) is 25.7 Å². The summed E-state index contributed by atoms with van der Waals surface area (Å²) in [5.41, 5.74) is 0. The Morgan fingerprint density at radius 1 is 0.175 bits per heavy atom. The molecule has 0 heterocycles. The van der Waals surface area contributed by atoms with Crippen LogP contribution in [0.1, 0.15) is 329 Å². The van der Waals surface area contributed by atoms with Crippen LogP contribution >= 0.6 is 24.0 Å². The molecule has 0 spiro atoms. The summed E-state index contributed by atoms with van der Waals surface area (Å²) in [5.74, 6) is 0. The van der Waals surface area contributed by atoms with E-state index in [9.17, 15) is 0 Å². The summed E-state index contributed by atoms with van der Waals surface area (Å²) in [7, 11) is 0. The summed E-state index contributed by atoms with van der Waals surface area (Å²) in [4.78, 5) is 2.89. The first-order valence-electron chi connectivity index (χ1n) is 27.1. The second kappa shape index (κ2) is 59.7. The SMILES string of the molecule is CCCCCCCCCCCCCCCCCCN(CCCCCCCCCCCCCCCCCC)CCCCCCCCCCCCCCCCCC.I.[PbH2]. The van der Waals surface area contributed by atoms with Crippen molar-refractivity contribution in [3.8, 4) is 0 Å². The number of hydrogen-bond acceptors (Lipinski definition) is 1. The van der Waals surface area contributed by atoms with Crippen molar-refractivity contribution in [3.05, 3.63) is 0 Å². The average molecular weight is 1110 g/mol. The maximum atomic E-state index is 2.89. The molecule has 0 aliphatic rings. The van der Waals surface area contributed by atoms with E-state index in [-0.39, 0.29) is 51.3 Å². The van der Waals surface area contributed by atoms with Crippen LogP contribution in [0.3, 0.4) is 0 Å². The maximum absolute atomic E-state index is 2.89. The van der Waals surface area contributed by atoms with Crippen LogP contribution in [-0.2, 0) is 0 Å². The van der Waals surface area contributed by atoms with E-state index in [0.717, 1.165) is 0 Å². The minimum atomic E-state index is 0. The Bertz CT molecular complexity index is 558. The third-order valence-corrected chi connectivity index (χ3v) is 13.0. The summed E-state index contributed by atoms with van der Waals surface area (Å²) in [6.07, 6.45) is 70.5. The van der Waals surface area contributed by atoms with Crippen molar-refractivity contribution in [1.29, 1.82) is 0 Å². The van der Waals surface area contributed by atoms with Gasteiger partial charge in [0.15, 0.2) is 0 Å². The molecule has 0 saturated heterocycles. The fourth-order valence-corrected chi connectivity index (χ4v) is 8.99. The predicted octanol–water partition coefficient (Wildman–Crippen LogP) is 19.8. The number of halogens is 1. The fraction of sp³-hybridized carbons (Fsp3) is 1.00. The Kier molecular flexibility index (Phi) is 65.9. The van der Waals surface area contributed by atoms with Gasteiger partial charge in [0.25, 0.3) is 0 Å². The molecule has 0 atom stereocenters. The molecule has 0 bridgehead atoms. The van der Waals surface area contributed by atoms with Gasteiger partial charge in [-0.3, -0.25) is 0 Å². The Balaban J connectivity index is -0.0000146. The third-order valence-electron chi connectivity index (χ3n) is 13.0. The molecular formula is C54H114INPb. The quantitative estimate of drug-likeness (QED) is 0.0333. The molecule has 0 fully saturated rings. The van der Waals surface area contributed by atoms with Crippen molar-refractivity contribution in [1.82, 2.24) is 4.90 Å². The van der Waals surface area contributed by atoms with Gasteiger partial charge in [0.2, 0.25) is 0 Å². The molecule has 1 nitrogen and oxygen atoms in total. The summed E-state index contributed by atoms with van der Waals surface area (Å²) in [6.45, 7) is 11.1. The first-order valence-corrected chi connectivity index (χ1v) is 27.1. The van der Waals surface area contributed by atoms with Crippen LogP contribution in [0.4, 0.5) is 0 Å². The summed E-state index contributed by atoms with van der Waals surface area (Å²) in [6, 6.07) is 0. The van der Waals surface area contributed by atoms with Crippen LogP contribution in [0.5, 0.6) is 0 Å². The third kappa shape index (κ3) is 57.6. The van der Waals surface area contributed by atoms with Gasteiger partial charge in [-0.1, -0.05) is 310 Å². The Morgan fingerprint density at radius 3 is 0.404 bits per heavy atom. The molecule has 0 aromatic rings. The zero-order chi connectivity index (χ0) is 39.6. The van der Waals surface area contributed by atoms with Gasteiger partial charge in [0, 0.05) is 0 Å². The first-order chi connectivity index (χ1) is 27.3. The number of unbranched alkanes of at least 4 members (excludes halogenated alkanes) is 45. The van der Waals surface area contributed by atoms with E-state index >= 15 is 0 Å². The summed E-state index contributed by atoms with van der Waals surface area (Å²) >= 11 is 0. The molecule has 346 valence electrons. The van der Waals surface area contributed by atoms with Crippen molar-refractivity contribution in [3.63, 3.8) is 0 Å². The molecule has 0 aromatic heterocycles. The van der Waals surface area contributed by atoms with Crippen LogP contribution < -0.4 is 0 Å². The zero-order valence-corrected chi connectivity index (χ0v) is 48.5. The van der Waals surface area contributed by atoms with E-state index in [1.165, 1.54) is 328 Å². The fourth-order valence-electron chi connectivity index (χ4n) is 8.99. The first kappa shape index (κ1) is 62.9.